The molecule has 3 saturated heterocycles. The number of carbonyl (C=O) groups is 3. The summed E-state index contributed by atoms with van der Waals surface area (Å²) in [6.45, 7) is 6.11. The number of hydrogen-bond acceptors (Lipinski definition) is 8. The first-order valence-electron chi connectivity index (χ1n) is 19.9. The summed E-state index contributed by atoms with van der Waals surface area (Å²) in [4.78, 5) is 59.8. The van der Waals surface area contributed by atoms with Crippen molar-refractivity contribution in [2.75, 3.05) is 52.4 Å². The van der Waals surface area contributed by atoms with Crippen molar-refractivity contribution in [2.24, 2.45) is 11.7 Å². The predicted molar refractivity (Wildman–Crippen MR) is 203 cm³/mol. The Bertz CT molecular complexity index is 1870. The second kappa shape index (κ2) is 17.1. The second-order valence-electron chi connectivity index (χ2n) is 15.8. The van der Waals surface area contributed by atoms with Crippen LogP contribution in [0, 0.1) is 11.7 Å². The molecule has 3 aliphatic heterocycles. The van der Waals surface area contributed by atoms with Gasteiger partial charge in [-0.1, -0.05) is 43.5 Å². The number of halogens is 1. The van der Waals surface area contributed by atoms with Crippen molar-refractivity contribution >= 4 is 28.5 Å². The van der Waals surface area contributed by atoms with E-state index >= 15 is 0 Å². The Morgan fingerprint density at radius 3 is 2.30 bits per heavy atom. The van der Waals surface area contributed by atoms with Gasteiger partial charge in [-0.2, -0.15) is 5.10 Å². The number of nitrogens with zero attached hydrogens (tertiary/aromatic N) is 5. The number of fused-ring (bicyclic) bond motifs is 1. The number of nitrogens with two attached hydrogens (primary N) is 1. The van der Waals surface area contributed by atoms with Gasteiger partial charge >= 0.3 is 0 Å². The summed E-state index contributed by atoms with van der Waals surface area (Å²) in [5, 5.41) is 7.98. The number of rotatable bonds is 9. The number of aromatic amines is 1. The van der Waals surface area contributed by atoms with Gasteiger partial charge < -0.3 is 25.2 Å². The number of carbonyl (C=O) groups excluding carboxylic acids is 3. The highest BCUT2D eigenvalue weighted by atomic mass is 19.1. The summed E-state index contributed by atoms with van der Waals surface area (Å²) in [6.07, 6.45) is 9.63. The number of piperazine rings is 1. The molecule has 54 heavy (non-hydrogen) atoms. The second-order valence-corrected chi connectivity index (χ2v) is 15.8. The van der Waals surface area contributed by atoms with Crippen molar-refractivity contribution in [1.29, 1.82) is 0 Å². The molecule has 7 rings (SSSR count). The van der Waals surface area contributed by atoms with Gasteiger partial charge in [-0.15, -0.1) is 0 Å². The first-order chi connectivity index (χ1) is 26.1. The molecule has 1 aromatic heterocycles. The van der Waals surface area contributed by atoms with E-state index in [9.17, 15) is 23.6 Å². The number of benzene rings is 2. The molecule has 2 aromatic carbocycles. The lowest BCUT2D eigenvalue weighted by molar-refractivity contribution is -0.142. The molecule has 0 bridgehead atoms. The fourth-order valence-electron chi connectivity index (χ4n) is 8.91. The van der Waals surface area contributed by atoms with E-state index in [1.165, 1.54) is 25.3 Å². The first kappa shape index (κ1) is 38.1. The number of hydrogen-bond donors (Lipinski definition) is 2. The van der Waals surface area contributed by atoms with E-state index in [0.717, 1.165) is 51.6 Å². The van der Waals surface area contributed by atoms with Crippen molar-refractivity contribution in [1.82, 2.24) is 29.8 Å². The predicted octanol–water partition coefficient (Wildman–Crippen LogP) is 3.71. The van der Waals surface area contributed by atoms with Crippen LogP contribution >= 0.6 is 0 Å². The summed E-state index contributed by atoms with van der Waals surface area (Å²) in [7, 11) is 0. The molecule has 1 saturated carbocycles. The zero-order valence-corrected chi connectivity index (χ0v) is 31.4. The molecule has 1 aliphatic carbocycles. The van der Waals surface area contributed by atoms with Crippen molar-refractivity contribution < 1.29 is 23.5 Å². The number of H-pyrrole nitrogens is 1. The third-order valence-electron chi connectivity index (χ3n) is 12.2. The Labute approximate surface area is 316 Å². The molecule has 4 fully saturated rings. The van der Waals surface area contributed by atoms with Gasteiger partial charge in [-0.25, -0.2) is 9.49 Å². The highest BCUT2D eigenvalue weighted by Gasteiger charge is 2.36. The Morgan fingerprint density at radius 1 is 0.889 bits per heavy atom. The number of piperidine rings is 2. The lowest BCUT2D eigenvalue weighted by atomic mass is 9.83. The molecular weight excluding hydrogens is 689 g/mol. The molecule has 13 heteroatoms. The zero-order valence-electron chi connectivity index (χ0n) is 31.4. The van der Waals surface area contributed by atoms with Crippen LogP contribution in [0.4, 0.5) is 4.39 Å². The van der Waals surface area contributed by atoms with E-state index in [0.29, 0.717) is 73.6 Å². The molecule has 4 heterocycles. The molecule has 3 N–H and O–H groups in total. The highest BCUT2D eigenvalue weighted by molar-refractivity contribution is 5.95. The molecule has 0 spiro atoms. The fraction of sp³-hybridized carbons (Fsp3) is 0.585. The van der Waals surface area contributed by atoms with E-state index in [-0.39, 0.29) is 41.2 Å². The van der Waals surface area contributed by atoms with E-state index < -0.39 is 17.8 Å². The Kier molecular flexibility index (Phi) is 12.0. The average molecular weight is 744 g/mol. The number of nitrogens with one attached hydrogen (secondary N) is 1. The van der Waals surface area contributed by atoms with Crippen molar-refractivity contribution in [3.8, 4) is 0 Å². The van der Waals surface area contributed by atoms with Crippen molar-refractivity contribution in [3.63, 3.8) is 0 Å². The quantitative estimate of drug-likeness (QED) is 0.338. The molecule has 4 aliphatic rings. The number of amides is 3. The van der Waals surface area contributed by atoms with Gasteiger partial charge in [0.1, 0.15) is 5.82 Å². The van der Waals surface area contributed by atoms with Crippen LogP contribution < -0.4 is 11.3 Å². The average Bonchev–Trinajstić information content (AvgIpc) is 3.20. The van der Waals surface area contributed by atoms with E-state index in [1.807, 2.05) is 17.0 Å². The van der Waals surface area contributed by atoms with Crippen LogP contribution in [0.25, 0.3) is 10.8 Å². The summed E-state index contributed by atoms with van der Waals surface area (Å²) < 4.78 is 21.5. The lowest BCUT2D eigenvalue weighted by Gasteiger charge is -2.42. The van der Waals surface area contributed by atoms with E-state index in [4.69, 9.17) is 10.5 Å². The van der Waals surface area contributed by atoms with Crippen LogP contribution in [0.5, 0.6) is 0 Å². The van der Waals surface area contributed by atoms with Crippen LogP contribution in [-0.2, 0) is 20.7 Å². The van der Waals surface area contributed by atoms with E-state index in [1.54, 1.807) is 34.1 Å². The van der Waals surface area contributed by atoms with Gasteiger partial charge in [0.25, 0.3) is 11.5 Å². The molecule has 3 aromatic rings. The van der Waals surface area contributed by atoms with Gasteiger partial charge in [-0.3, -0.25) is 24.1 Å². The maximum atomic E-state index is 15.0. The van der Waals surface area contributed by atoms with Crippen LogP contribution in [0.1, 0.15) is 86.3 Å². The zero-order chi connectivity index (χ0) is 37.8. The Balaban J connectivity index is 0.837. The molecule has 12 nitrogen and oxygen atoms in total. The number of aromatic nitrogens is 2. The molecule has 290 valence electrons. The number of likely N-dealkylation sites (tertiary alicyclic amines) is 2. The summed E-state index contributed by atoms with van der Waals surface area (Å²) in [5.74, 6) is -0.561. The van der Waals surface area contributed by atoms with Crippen LogP contribution in [0.3, 0.4) is 0 Å². The monoisotopic (exact) mass is 743 g/mol. The molecule has 0 unspecified atom stereocenters. The third-order valence-corrected chi connectivity index (χ3v) is 12.2. The van der Waals surface area contributed by atoms with Crippen LogP contribution in [0.2, 0.25) is 0 Å². The highest BCUT2D eigenvalue weighted by Crippen LogP contribution is 2.29. The Hall–Kier alpha value is -4.20. The summed E-state index contributed by atoms with van der Waals surface area (Å²) in [5.41, 5.74) is 7.50. The van der Waals surface area contributed by atoms with Crippen LogP contribution in [-0.4, -0.2) is 124 Å². The van der Waals surface area contributed by atoms with Gasteiger partial charge in [-0.05, 0) is 75.1 Å². The molecule has 0 radical (unpaired) electrons. The summed E-state index contributed by atoms with van der Waals surface area (Å²) >= 11 is 0. The van der Waals surface area contributed by atoms with Gasteiger partial charge in [0.05, 0.1) is 41.4 Å². The minimum absolute atomic E-state index is 0.0153. The maximum Gasteiger partial charge on any atom is 0.272 e. The van der Waals surface area contributed by atoms with E-state index in [2.05, 4.69) is 22.0 Å². The van der Waals surface area contributed by atoms with Crippen molar-refractivity contribution in [3.05, 3.63) is 75.5 Å². The smallest absolute Gasteiger partial charge is 0.272 e. The normalized spacial score (nSPS) is 22.8. The molecular formula is C41H54FN7O5. The molecule has 3 amide bonds. The third kappa shape index (κ3) is 8.68. The topological polar surface area (TPSA) is 145 Å². The fourth-order valence-corrected chi connectivity index (χ4v) is 8.91. The standard InChI is InChI=1S/C41H54FN7O5/c1-27-23-31(15-18-49(27)41(53)38(43)29-7-3-2-4-8-29)54-30-13-16-46(17-14-30)26-37(50)47-19-21-48(22-20-47)40(52)34-24-28(11-12-35(34)42)25-36-32-9-5-6-10-33(32)39(51)45-44-36/h5-6,9-12,24,27,29-31,38H,2-4,7-8,13-23,25-26,43H2,1H3,(H,45,51)/t27-,31-,38+/m0/s1. The van der Waals surface area contributed by atoms with Gasteiger partial charge in [0.15, 0.2) is 0 Å². The Morgan fingerprint density at radius 2 is 1.57 bits per heavy atom. The SMILES string of the molecule is C[C@H]1C[C@@H](OC2CCN(CC(=O)N3CCN(C(=O)c4cc(Cc5n[nH]c(=O)c6ccccc56)ccc4F)CC3)CC2)CCN1C(=O)[C@H](N)C1CCCCC1. The first-order valence-corrected chi connectivity index (χ1v) is 19.9. The minimum atomic E-state index is -0.599. The van der Waals surface area contributed by atoms with Gasteiger partial charge in [0, 0.05) is 63.7 Å². The van der Waals surface area contributed by atoms with Gasteiger partial charge in [0.2, 0.25) is 11.8 Å². The molecule has 3 atom stereocenters. The van der Waals surface area contributed by atoms with Crippen molar-refractivity contribution in [2.45, 2.75) is 95.4 Å². The maximum absolute atomic E-state index is 15.0. The minimum Gasteiger partial charge on any atom is -0.375 e. The number of ether oxygens (including phenoxy) is 1. The van der Waals surface area contributed by atoms with Crippen LogP contribution in [0.15, 0.2) is 47.3 Å². The lowest BCUT2D eigenvalue weighted by Crippen LogP contribution is -2.55. The largest absolute Gasteiger partial charge is 0.375 e. The summed E-state index contributed by atoms with van der Waals surface area (Å²) in [6, 6.07) is 11.4.